The van der Waals surface area contributed by atoms with E-state index in [1.807, 2.05) is 59.5 Å². The van der Waals surface area contributed by atoms with E-state index in [0.717, 1.165) is 61.7 Å². The Hall–Kier alpha value is -4.71. The van der Waals surface area contributed by atoms with Crippen molar-refractivity contribution in [3.8, 4) is 0 Å². The van der Waals surface area contributed by atoms with Crippen LogP contribution in [-0.4, -0.2) is 68.6 Å². The van der Waals surface area contributed by atoms with Crippen molar-refractivity contribution in [2.24, 2.45) is 0 Å². The van der Waals surface area contributed by atoms with Gasteiger partial charge in [-0.05, 0) is 72.8 Å². The minimum Gasteiger partial charge on any atom is -0.465 e. The second-order valence-electron chi connectivity index (χ2n) is 13.8. The number of hydrogen-bond acceptors (Lipinski definition) is 6. The number of benzene rings is 3. The van der Waals surface area contributed by atoms with Crippen LogP contribution in [0.2, 0.25) is 0 Å². The fourth-order valence-electron chi connectivity index (χ4n) is 7.12. The van der Waals surface area contributed by atoms with Crippen LogP contribution >= 0.6 is 0 Å². The van der Waals surface area contributed by atoms with Crippen LogP contribution in [0.1, 0.15) is 63.5 Å². The van der Waals surface area contributed by atoms with Crippen LogP contribution in [0.3, 0.4) is 0 Å². The molecule has 1 fully saturated rings. The van der Waals surface area contributed by atoms with Crippen LogP contribution in [0.25, 0.3) is 10.8 Å². The Labute approximate surface area is 315 Å². The van der Waals surface area contributed by atoms with E-state index in [0.29, 0.717) is 37.4 Å². The maximum absolute atomic E-state index is 14.2. The number of carbonyl (C=O) groups is 2. The first-order valence-corrected chi connectivity index (χ1v) is 19.7. The Bertz CT molecular complexity index is 1890. The molecule has 0 saturated carbocycles. The van der Waals surface area contributed by atoms with Crippen LogP contribution in [0.15, 0.2) is 115 Å². The quantitative estimate of drug-likeness (QED) is 0.151. The lowest BCUT2D eigenvalue weighted by Crippen LogP contribution is -2.51. The van der Waals surface area contributed by atoms with Crippen molar-refractivity contribution in [1.82, 2.24) is 15.1 Å². The molecule has 0 radical (unpaired) electrons. The molecule has 3 aromatic carbocycles. The number of ether oxygens (including phenoxy) is 2. The molecule has 2 N–H and O–H groups in total. The molecular weight excluding hydrogens is 689 g/mol. The molecule has 0 aromatic heterocycles. The number of likely N-dealkylation sites (tertiary alicyclic amines) is 1. The summed E-state index contributed by atoms with van der Waals surface area (Å²) in [5.74, 6) is 0.158. The summed E-state index contributed by atoms with van der Waals surface area (Å²) in [6.07, 6.45) is 13.3. The summed E-state index contributed by atoms with van der Waals surface area (Å²) in [5.41, 5.74) is 3.72. The van der Waals surface area contributed by atoms with Gasteiger partial charge in [0.2, 0.25) is 11.8 Å². The second kappa shape index (κ2) is 18.4. The summed E-state index contributed by atoms with van der Waals surface area (Å²) in [6.45, 7) is 8.35. The summed E-state index contributed by atoms with van der Waals surface area (Å²) >= 11 is -2.57. The third-order valence-corrected chi connectivity index (χ3v) is 10.9. The molecule has 11 heteroatoms. The van der Waals surface area contributed by atoms with E-state index in [1.54, 1.807) is 6.07 Å². The Kier molecular flexibility index (Phi) is 13.2. The lowest BCUT2D eigenvalue weighted by atomic mass is 10.0. The largest absolute Gasteiger partial charge is 0.465 e. The number of fused-ring (bicyclic) bond motifs is 1. The molecule has 2 amide bonds. The van der Waals surface area contributed by atoms with Gasteiger partial charge in [-0.25, -0.2) is 4.21 Å². The summed E-state index contributed by atoms with van der Waals surface area (Å²) in [7, 11) is 0. The van der Waals surface area contributed by atoms with Gasteiger partial charge in [-0.2, -0.15) is 0 Å². The first kappa shape index (κ1) is 38.0. The third kappa shape index (κ3) is 10.0. The molecule has 10 nitrogen and oxygen atoms in total. The van der Waals surface area contributed by atoms with Crippen LogP contribution in [0.5, 0.6) is 0 Å². The van der Waals surface area contributed by atoms with Gasteiger partial charge in [0.15, 0.2) is 5.76 Å². The molecule has 0 spiro atoms. The zero-order valence-corrected chi connectivity index (χ0v) is 31.4. The zero-order valence-electron chi connectivity index (χ0n) is 30.6. The maximum atomic E-state index is 14.2. The number of amides is 2. The molecule has 3 aromatic rings. The van der Waals surface area contributed by atoms with E-state index in [2.05, 4.69) is 48.3 Å². The van der Waals surface area contributed by atoms with E-state index < -0.39 is 29.3 Å². The maximum Gasteiger partial charge on any atom is 0.262 e. The summed E-state index contributed by atoms with van der Waals surface area (Å²) in [6, 6.07) is 19.5. The predicted octanol–water partition coefficient (Wildman–Crippen LogP) is 7.13. The van der Waals surface area contributed by atoms with E-state index in [-0.39, 0.29) is 18.1 Å². The van der Waals surface area contributed by atoms with Gasteiger partial charge in [-0.3, -0.25) is 23.3 Å². The number of nitrogens with one attached hydrogen (secondary N) is 1. The van der Waals surface area contributed by atoms with Gasteiger partial charge in [0.05, 0.1) is 12.1 Å². The first-order valence-electron chi connectivity index (χ1n) is 18.7. The molecule has 3 atom stereocenters. The normalized spacial score (nSPS) is 17.3. The number of carbonyl (C=O) groups excluding carboxylic acids is 2. The van der Waals surface area contributed by atoms with Crippen LogP contribution < -0.4 is 9.62 Å². The van der Waals surface area contributed by atoms with Crippen LogP contribution in [0, 0.1) is 0 Å². The monoisotopic (exact) mass is 738 g/mol. The third-order valence-electron chi connectivity index (χ3n) is 10.1. The Morgan fingerprint density at radius 1 is 0.962 bits per heavy atom. The van der Waals surface area contributed by atoms with Crippen molar-refractivity contribution in [3.05, 3.63) is 126 Å². The number of nitrogens with zero attached hydrogens (tertiary/aromatic N) is 3. The highest BCUT2D eigenvalue weighted by Crippen LogP contribution is 2.33. The minimum atomic E-state index is -2.57. The van der Waals surface area contributed by atoms with Gasteiger partial charge in [-0.15, -0.1) is 0 Å². The Balaban J connectivity index is 1.26. The van der Waals surface area contributed by atoms with Crippen molar-refractivity contribution in [1.29, 1.82) is 0 Å². The van der Waals surface area contributed by atoms with E-state index in [9.17, 15) is 18.4 Å². The van der Waals surface area contributed by atoms with Gasteiger partial charge >= 0.3 is 0 Å². The molecule has 6 rings (SSSR count). The van der Waals surface area contributed by atoms with E-state index >= 15 is 0 Å². The van der Waals surface area contributed by atoms with Gasteiger partial charge in [-0.1, -0.05) is 92.2 Å². The molecule has 2 aliphatic heterocycles. The fraction of sp³-hybridized carbons (Fsp3) is 0.381. The van der Waals surface area contributed by atoms with Crippen molar-refractivity contribution < 1.29 is 27.8 Å². The van der Waals surface area contributed by atoms with Crippen LogP contribution in [0.4, 0.5) is 5.69 Å². The molecule has 2 heterocycles. The highest BCUT2D eigenvalue weighted by atomic mass is 32.2. The lowest BCUT2D eigenvalue weighted by molar-refractivity contribution is -0.135. The van der Waals surface area contributed by atoms with Crippen molar-refractivity contribution in [2.45, 2.75) is 77.4 Å². The van der Waals surface area contributed by atoms with E-state index in [4.69, 9.17) is 9.47 Å². The van der Waals surface area contributed by atoms with Gasteiger partial charge in [0, 0.05) is 32.5 Å². The van der Waals surface area contributed by atoms with Crippen molar-refractivity contribution in [2.75, 3.05) is 30.5 Å². The van der Waals surface area contributed by atoms with Crippen LogP contribution in [-0.2, 0) is 43.3 Å². The van der Waals surface area contributed by atoms with Crippen molar-refractivity contribution >= 4 is 39.5 Å². The Morgan fingerprint density at radius 2 is 1.70 bits per heavy atom. The molecule has 3 aliphatic rings. The number of anilines is 1. The zero-order chi connectivity index (χ0) is 37.2. The van der Waals surface area contributed by atoms with E-state index in [1.165, 1.54) is 28.0 Å². The second-order valence-corrected chi connectivity index (χ2v) is 14.6. The molecule has 0 bridgehead atoms. The van der Waals surface area contributed by atoms with Gasteiger partial charge < -0.3 is 19.7 Å². The topological polar surface area (TPSA) is 112 Å². The SMILES string of the molecule is CCN(CC)Cc1ccc(CC(NC(=O)CC(C2=COC=C(CC3=CC=CCC3)O2)N(c2ccc3ccccc3c2)S(=O)O)C(=O)N2CCCC2)cc1. The minimum absolute atomic E-state index is 0.131. The molecule has 1 saturated heterocycles. The highest BCUT2D eigenvalue weighted by Gasteiger charge is 2.35. The summed E-state index contributed by atoms with van der Waals surface area (Å²) in [4.78, 5) is 32.2. The van der Waals surface area contributed by atoms with Gasteiger partial charge in [0.25, 0.3) is 11.3 Å². The number of hydrogen-bond donors (Lipinski definition) is 2. The lowest BCUT2D eigenvalue weighted by Gasteiger charge is -2.33. The number of rotatable bonds is 16. The molecule has 1 aliphatic carbocycles. The summed E-state index contributed by atoms with van der Waals surface area (Å²) in [5, 5.41) is 4.87. The first-order chi connectivity index (χ1) is 25.8. The smallest absolute Gasteiger partial charge is 0.262 e. The Morgan fingerprint density at radius 3 is 2.40 bits per heavy atom. The molecule has 53 heavy (non-hydrogen) atoms. The highest BCUT2D eigenvalue weighted by molar-refractivity contribution is 7.80. The summed E-state index contributed by atoms with van der Waals surface area (Å²) < 4.78 is 37.5. The standard InChI is InChI=1S/C42H50N4O6S/c1-3-44(4-2)28-33-18-16-32(17-19-33)25-38(42(48)45-22-10-11-23-45)43-41(47)27-39(40-30-51-29-37(52-40)24-31-12-6-5-7-13-31)46(53(49)50)36-21-20-34-14-8-9-15-35(34)26-36/h5-6,8-9,12,14-21,26,29-30,38-39H,3-4,7,10-11,13,22-25,27-28H2,1-2H3,(H,43,47)(H,49,50). The molecule has 280 valence electrons. The fourth-order valence-corrected chi connectivity index (χ4v) is 7.81. The predicted molar refractivity (Wildman–Crippen MR) is 210 cm³/mol. The van der Waals surface area contributed by atoms with Gasteiger partial charge in [0.1, 0.15) is 30.4 Å². The van der Waals surface area contributed by atoms with Crippen molar-refractivity contribution in [3.63, 3.8) is 0 Å². The number of allylic oxidation sites excluding steroid dienone is 4. The average molecular weight is 739 g/mol. The molecular formula is C42H50N4O6S. The average Bonchev–Trinajstić information content (AvgIpc) is 3.72. The molecule has 3 unspecified atom stereocenters.